The summed E-state index contributed by atoms with van der Waals surface area (Å²) in [5.74, 6) is 0. The highest BCUT2D eigenvalue weighted by atomic mass is 16.5. The van der Waals surface area contributed by atoms with Crippen molar-refractivity contribution in [1.82, 2.24) is 14.7 Å². The van der Waals surface area contributed by atoms with Gasteiger partial charge in [-0.25, -0.2) is 14.4 Å². The summed E-state index contributed by atoms with van der Waals surface area (Å²) in [6.45, 7) is -0.726. The highest BCUT2D eigenvalue weighted by Crippen LogP contribution is 2.09. The number of carboxylic acid groups (broad SMARTS) is 2. The van der Waals surface area contributed by atoms with E-state index in [2.05, 4.69) is 4.74 Å². The molecule has 1 aliphatic rings. The number of carbonyl (C=O) groups is 3. The van der Waals surface area contributed by atoms with Gasteiger partial charge in [0, 0.05) is 0 Å². The van der Waals surface area contributed by atoms with E-state index in [-0.39, 0.29) is 20.0 Å². The molecule has 1 saturated heterocycles. The zero-order chi connectivity index (χ0) is 12.3. The minimum Gasteiger partial charge on any atom is -0.465 e. The summed E-state index contributed by atoms with van der Waals surface area (Å²) in [6.07, 6.45) is -3.39. The number of hydrogen-bond donors (Lipinski definition) is 2. The summed E-state index contributed by atoms with van der Waals surface area (Å²) >= 11 is 0. The van der Waals surface area contributed by atoms with Crippen LogP contribution in [0.1, 0.15) is 0 Å². The lowest BCUT2D eigenvalue weighted by molar-refractivity contribution is -0.00688. The Morgan fingerprint density at radius 2 is 1.31 bits per heavy atom. The van der Waals surface area contributed by atoms with Crippen LogP contribution in [0.25, 0.3) is 0 Å². The molecule has 0 bridgehead atoms. The Morgan fingerprint density at radius 1 is 0.938 bits per heavy atom. The Morgan fingerprint density at radius 3 is 1.62 bits per heavy atom. The molecule has 1 heterocycles. The second kappa shape index (κ2) is 4.55. The maximum atomic E-state index is 11.2. The average Bonchev–Trinajstić information content (AvgIpc) is 2.27. The standard InChI is InChI=1S/C7H11N3O6/c1-16-7(15)10-3-8(5(11)12)2-9(4-10)6(13)14/h2-4H2,1H3,(H,11,12)(H,13,14). The number of carbonyl (C=O) groups excluding carboxylic acids is 1. The topological polar surface area (TPSA) is 111 Å². The number of amides is 3. The molecule has 16 heavy (non-hydrogen) atoms. The number of ether oxygens (including phenoxy) is 1. The lowest BCUT2D eigenvalue weighted by atomic mass is 10.5. The summed E-state index contributed by atoms with van der Waals surface area (Å²) in [5.41, 5.74) is 0. The van der Waals surface area contributed by atoms with Gasteiger partial charge in [-0.3, -0.25) is 14.7 Å². The van der Waals surface area contributed by atoms with E-state index in [9.17, 15) is 14.4 Å². The summed E-state index contributed by atoms with van der Waals surface area (Å²) in [6, 6.07) is 0. The van der Waals surface area contributed by atoms with Crippen LogP contribution in [0.3, 0.4) is 0 Å². The first kappa shape index (κ1) is 11.9. The molecule has 1 aliphatic heterocycles. The van der Waals surface area contributed by atoms with Crippen molar-refractivity contribution in [3.05, 3.63) is 0 Å². The molecule has 0 spiro atoms. The van der Waals surface area contributed by atoms with Gasteiger partial charge in [0.25, 0.3) is 0 Å². The van der Waals surface area contributed by atoms with Crippen molar-refractivity contribution in [1.29, 1.82) is 0 Å². The quantitative estimate of drug-likeness (QED) is 0.604. The van der Waals surface area contributed by atoms with Gasteiger partial charge in [-0.05, 0) is 0 Å². The Labute approximate surface area is 90.4 Å². The van der Waals surface area contributed by atoms with Crippen LogP contribution in [0.5, 0.6) is 0 Å². The van der Waals surface area contributed by atoms with Gasteiger partial charge in [0.1, 0.15) is 20.0 Å². The summed E-state index contributed by atoms with van der Waals surface area (Å²) in [4.78, 5) is 35.1. The largest absolute Gasteiger partial charge is 0.465 e. The van der Waals surface area contributed by atoms with Crippen molar-refractivity contribution < 1.29 is 29.3 Å². The predicted molar refractivity (Wildman–Crippen MR) is 48.6 cm³/mol. The van der Waals surface area contributed by atoms with Gasteiger partial charge >= 0.3 is 18.3 Å². The van der Waals surface area contributed by atoms with Crippen molar-refractivity contribution in [2.75, 3.05) is 27.1 Å². The molecule has 90 valence electrons. The van der Waals surface area contributed by atoms with E-state index in [0.717, 1.165) is 21.8 Å². The lowest BCUT2D eigenvalue weighted by Crippen LogP contribution is -2.59. The first-order chi connectivity index (χ1) is 7.45. The molecule has 0 aliphatic carbocycles. The van der Waals surface area contributed by atoms with Gasteiger partial charge in [-0.2, -0.15) is 0 Å². The van der Waals surface area contributed by atoms with Gasteiger partial charge in [0.15, 0.2) is 0 Å². The fourth-order valence-electron chi connectivity index (χ4n) is 1.24. The van der Waals surface area contributed by atoms with Crippen molar-refractivity contribution >= 4 is 18.3 Å². The number of rotatable bonds is 0. The van der Waals surface area contributed by atoms with E-state index in [1.54, 1.807) is 0 Å². The first-order valence-corrected chi connectivity index (χ1v) is 4.24. The SMILES string of the molecule is COC(=O)N1CN(C(=O)O)CN(C(=O)O)C1. The van der Waals surface area contributed by atoms with E-state index in [1.807, 2.05) is 0 Å². The molecule has 0 aromatic rings. The molecule has 0 aromatic heterocycles. The van der Waals surface area contributed by atoms with Crippen LogP contribution < -0.4 is 0 Å². The Bertz CT molecular complexity index is 297. The molecule has 9 heteroatoms. The second-order valence-corrected chi connectivity index (χ2v) is 3.08. The van der Waals surface area contributed by atoms with E-state index < -0.39 is 18.3 Å². The van der Waals surface area contributed by atoms with Gasteiger partial charge in [0.05, 0.1) is 7.11 Å². The Hall–Kier alpha value is -2.19. The summed E-state index contributed by atoms with van der Waals surface area (Å²) in [5, 5.41) is 17.5. The first-order valence-electron chi connectivity index (χ1n) is 4.24. The maximum absolute atomic E-state index is 11.2. The zero-order valence-corrected chi connectivity index (χ0v) is 8.49. The van der Waals surface area contributed by atoms with Crippen LogP contribution in [0, 0.1) is 0 Å². The van der Waals surface area contributed by atoms with E-state index in [1.165, 1.54) is 0 Å². The second-order valence-electron chi connectivity index (χ2n) is 3.08. The van der Waals surface area contributed by atoms with Gasteiger partial charge in [-0.15, -0.1) is 0 Å². The van der Waals surface area contributed by atoms with Crippen LogP contribution in [0.15, 0.2) is 0 Å². The van der Waals surface area contributed by atoms with Crippen LogP contribution in [-0.4, -0.2) is 70.3 Å². The van der Waals surface area contributed by atoms with Crippen LogP contribution >= 0.6 is 0 Å². The number of hydrogen-bond acceptors (Lipinski definition) is 4. The molecule has 2 N–H and O–H groups in total. The summed E-state index contributed by atoms with van der Waals surface area (Å²) in [7, 11) is 1.13. The molecular formula is C7H11N3O6. The van der Waals surface area contributed by atoms with Gasteiger partial charge in [-0.1, -0.05) is 0 Å². The molecule has 1 fully saturated rings. The van der Waals surface area contributed by atoms with E-state index >= 15 is 0 Å². The average molecular weight is 233 g/mol. The van der Waals surface area contributed by atoms with E-state index in [4.69, 9.17) is 10.2 Å². The lowest BCUT2D eigenvalue weighted by Gasteiger charge is -2.38. The molecule has 0 aromatic carbocycles. The smallest absolute Gasteiger partial charge is 0.412 e. The summed E-state index contributed by atoms with van der Waals surface area (Å²) < 4.78 is 4.39. The number of nitrogens with zero attached hydrogens (tertiary/aromatic N) is 3. The van der Waals surface area contributed by atoms with Crippen molar-refractivity contribution in [3.63, 3.8) is 0 Å². The molecule has 0 saturated carbocycles. The van der Waals surface area contributed by atoms with Crippen LogP contribution in [0.2, 0.25) is 0 Å². The molecule has 1 rings (SSSR count). The third-order valence-electron chi connectivity index (χ3n) is 2.00. The minimum absolute atomic E-state index is 0.216. The third kappa shape index (κ3) is 2.43. The van der Waals surface area contributed by atoms with E-state index in [0.29, 0.717) is 0 Å². The Kier molecular flexibility index (Phi) is 3.38. The molecule has 0 radical (unpaired) electrons. The zero-order valence-electron chi connectivity index (χ0n) is 8.49. The van der Waals surface area contributed by atoms with Crippen molar-refractivity contribution in [3.8, 4) is 0 Å². The predicted octanol–water partition coefficient (Wildman–Crippen LogP) is -0.0991. The van der Waals surface area contributed by atoms with Crippen LogP contribution in [-0.2, 0) is 4.74 Å². The monoisotopic (exact) mass is 233 g/mol. The molecule has 3 amide bonds. The Balaban J connectivity index is 2.78. The third-order valence-corrected chi connectivity index (χ3v) is 2.00. The van der Waals surface area contributed by atoms with Gasteiger partial charge in [0.2, 0.25) is 0 Å². The maximum Gasteiger partial charge on any atom is 0.412 e. The molecule has 0 atom stereocenters. The highest BCUT2D eigenvalue weighted by molar-refractivity contribution is 5.72. The minimum atomic E-state index is -1.31. The number of methoxy groups -OCH3 is 1. The normalized spacial score (nSPS) is 15.9. The molecule has 0 unspecified atom stereocenters. The highest BCUT2D eigenvalue weighted by Gasteiger charge is 2.32. The van der Waals surface area contributed by atoms with Crippen LogP contribution in [0.4, 0.5) is 14.4 Å². The van der Waals surface area contributed by atoms with Crippen molar-refractivity contribution in [2.45, 2.75) is 0 Å². The molecular weight excluding hydrogens is 222 g/mol. The fraction of sp³-hybridized carbons (Fsp3) is 0.571. The molecule has 9 nitrogen and oxygen atoms in total. The fourth-order valence-corrected chi connectivity index (χ4v) is 1.24. The van der Waals surface area contributed by atoms with Crippen molar-refractivity contribution in [2.24, 2.45) is 0 Å². The van der Waals surface area contributed by atoms with Gasteiger partial charge < -0.3 is 14.9 Å².